The molecule has 6 atom stereocenters. The number of allylic oxidation sites excluding steroid dienone is 1. The molecule has 0 amide bonds. The first kappa shape index (κ1) is 20.4. The van der Waals surface area contributed by atoms with Gasteiger partial charge in [-0.05, 0) is 69.6 Å². The van der Waals surface area contributed by atoms with Crippen LogP contribution in [0, 0.1) is 28.1 Å². The van der Waals surface area contributed by atoms with Crippen LogP contribution < -0.4 is 0 Å². The van der Waals surface area contributed by atoms with E-state index in [4.69, 9.17) is 9.47 Å². The molecular weight excluding hydrogens is 340 g/mol. The zero-order valence-electron chi connectivity index (χ0n) is 17.9. The van der Waals surface area contributed by atoms with Gasteiger partial charge in [-0.25, -0.2) is 0 Å². The van der Waals surface area contributed by atoms with Gasteiger partial charge < -0.3 is 9.47 Å². The summed E-state index contributed by atoms with van der Waals surface area (Å²) in [5.74, 6) is 0.665. The summed E-state index contributed by atoms with van der Waals surface area (Å²) in [6.07, 6.45) is 9.73. The van der Waals surface area contributed by atoms with Crippen molar-refractivity contribution in [3.63, 3.8) is 0 Å². The summed E-state index contributed by atoms with van der Waals surface area (Å²) < 4.78 is 10.8. The zero-order chi connectivity index (χ0) is 20.0. The monoisotopic (exact) mass is 376 g/mol. The second kappa shape index (κ2) is 6.93. The molecule has 2 fully saturated rings. The molecule has 0 aliphatic heterocycles. The standard InChI is InChI=1S/C23H36O4/c1-15(27-16(2)24)21(3)13-10-18-17(14-21)8-9-19-22(18,4)11-7-12-23(19,5)20(25)26-6/h14-15,18-19H,7-13H2,1-6H3/t15-,18+,19-,21-,22-,23-/m1/s1. The molecule has 0 spiro atoms. The third kappa shape index (κ3) is 3.23. The molecule has 27 heavy (non-hydrogen) atoms. The number of esters is 2. The van der Waals surface area contributed by atoms with Crippen molar-refractivity contribution in [3.05, 3.63) is 11.6 Å². The Morgan fingerprint density at radius 1 is 1.15 bits per heavy atom. The largest absolute Gasteiger partial charge is 0.469 e. The summed E-state index contributed by atoms with van der Waals surface area (Å²) in [5, 5.41) is 0. The van der Waals surface area contributed by atoms with E-state index < -0.39 is 0 Å². The van der Waals surface area contributed by atoms with Gasteiger partial charge in [0.05, 0.1) is 12.5 Å². The van der Waals surface area contributed by atoms with Gasteiger partial charge in [0.15, 0.2) is 0 Å². The van der Waals surface area contributed by atoms with Crippen molar-refractivity contribution >= 4 is 11.9 Å². The molecule has 0 N–H and O–H groups in total. The molecule has 4 nitrogen and oxygen atoms in total. The van der Waals surface area contributed by atoms with Crippen LogP contribution >= 0.6 is 0 Å². The van der Waals surface area contributed by atoms with Gasteiger partial charge in [-0.3, -0.25) is 9.59 Å². The minimum absolute atomic E-state index is 0.0324. The van der Waals surface area contributed by atoms with Gasteiger partial charge in [0.2, 0.25) is 0 Å². The highest BCUT2D eigenvalue weighted by Crippen LogP contribution is 2.64. The van der Waals surface area contributed by atoms with E-state index in [1.54, 1.807) is 0 Å². The van der Waals surface area contributed by atoms with Crippen LogP contribution in [0.5, 0.6) is 0 Å². The van der Waals surface area contributed by atoms with E-state index in [0.717, 1.165) is 38.5 Å². The van der Waals surface area contributed by atoms with Crippen LogP contribution in [0.15, 0.2) is 11.6 Å². The summed E-state index contributed by atoms with van der Waals surface area (Å²) in [6.45, 7) is 10.3. The summed E-state index contributed by atoms with van der Waals surface area (Å²) in [4.78, 5) is 24.1. The predicted molar refractivity (Wildman–Crippen MR) is 105 cm³/mol. The molecule has 0 aromatic rings. The third-order valence-corrected chi connectivity index (χ3v) is 8.35. The van der Waals surface area contributed by atoms with Crippen molar-refractivity contribution in [2.24, 2.45) is 28.1 Å². The van der Waals surface area contributed by atoms with Gasteiger partial charge in [-0.15, -0.1) is 0 Å². The molecule has 0 unspecified atom stereocenters. The van der Waals surface area contributed by atoms with Gasteiger partial charge in [0, 0.05) is 12.3 Å². The van der Waals surface area contributed by atoms with E-state index in [1.165, 1.54) is 26.0 Å². The lowest BCUT2D eigenvalue weighted by Gasteiger charge is -2.59. The Bertz CT molecular complexity index is 653. The van der Waals surface area contributed by atoms with Crippen LogP contribution in [0.1, 0.15) is 79.6 Å². The van der Waals surface area contributed by atoms with Crippen molar-refractivity contribution in [2.45, 2.75) is 85.7 Å². The molecule has 0 radical (unpaired) electrons. The Hall–Kier alpha value is -1.32. The van der Waals surface area contributed by atoms with E-state index in [9.17, 15) is 9.59 Å². The van der Waals surface area contributed by atoms with Crippen LogP contribution in [0.2, 0.25) is 0 Å². The first-order chi connectivity index (χ1) is 12.6. The number of fused-ring (bicyclic) bond motifs is 3. The number of ether oxygens (including phenoxy) is 2. The van der Waals surface area contributed by atoms with Gasteiger partial charge >= 0.3 is 11.9 Å². The highest BCUT2D eigenvalue weighted by atomic mass is 16.5. The highest BCUT2D eigenvalue weighted by Gasteiger charge is 2.59. The molecule has 3 rings (SSSR count). The summed E-state index contributed by atoms with van der Waals surface area (Å²) in [5.41, 5.74) is 1.22. The molecule has 152 valence electrons. The van der Waals surface area contributed by atoms with Crippen LogP contribution in [0.3, 0.4) is 0 Å². The maximum atomic E-state index is 12.7. The average molecular weight is 377 g/mol. The fourth-order valence-corrected chi connectivity index (χ4v) is 6.71. The molecule has 2 saturated carbocycles. The van der Waals surface area contributed by atoms with Crippen molar-refractivity contribution < 1.29 is 19.1 Å². The molecule has 0 bridgehead atoms. The number of methoxy groups -OCH3 is 1. The minimum Gasteiger partial charge on any atom is -0.469 e. The predicted octanol–water partition coefficient (Wildman–Crippen LogP) is 5.06. The first-order valence-corrected chi connectivity index (χ1v) is 10.5. The summed E-state index contributed by atoms with van der Waals surface area (Å²) >= 11 is 0. The molecule has 3 aliphatic carbocycles. The van der Waals surface area contributed by atoms with E-state index in [1.807, 2.05) is 6.92 Å². The molecule has 0 aromatic carbocycles. The third-order valence-electron chi connectivity index (χ3n) is 8.35. The fraction of sp³-hybridized carbons (Fsp3) is 0.826. The Balaban J connectivity index is 1.91. The second-order valence-corrected chi connectivity index (χ2v) is 9.93. The van der Waals surface area contributed by atoms with Crippen LogP contribution in [0.25, 0.3) is 0 Å². The number of hydrogen-bond donors (Lipinski definition) is 0. The summed E-state index contributed by atoms with van der Waals surface area (Å²) in [6, 6.07) is 0. The molecule has 4 heteroatoms. The van der Waals surface area contributed by atoms with Crippen molar-refractivity contribution in [2.75, 3.05) is 7.11 Å². The Morgan fingerprint density at radius 3 is 2.48 bits per heavy atom. The van der Waals surface area contributed by atoms with Gasteiger partial charge in [0.25, 0.3) is 0 Å². The quantitative estimate of drug-likeness (QED) is 0.510. The van der Waals surface area contributed by atoms with Crippen LogP contribution in [-0.2, 0) is 19.1 Å². The fourth-order valence-electron chi connectivity index (χ4n) is 6.71. The zero-order valence-corrected chi connectivity index (χ0v) is 17.9. The van der Waals surface area contributed by atoms with Gasteiger partial charge in [-0.1, -0.05) is 31.9 Å². The molecule has 3 aliphatic rings. The highest BCUT2D eigenvalue weighted by molar-refractivity contribution is 5.77. The van der Waals surface area contributed by atoms with Crippen molar-refractivity contribution in [1.82, 2.24) is 0 Å². The molecule has 0 aromatic heterocycles. The van der Waals surface area contributed by atoms with E-state index in [2.05, 4.69) is 26.8 Å². The van der Waals surface area contributed by atoms with Gasteiger partial charge in [0.1, 0.15) is 6.10 Å². The SMILES string of the molecule is COC(=O)[C@]1(C)CCC[C@@]2(C)[C@H]1CCC1=C[C@](C)([C@@H](C)OC(C)=O)CC[C@@H]12. The van der Waals surface area contributed by atoms with Crippen molar-refractivity contribution in [3.8, 4) is 0 Å². The average Bonchev–Trinajstić information content (AvgIpc) is 2.59. The Kier molecular flexibility index (Phi) is 5.24. The number of rotatable bonds is 3. The number of carbonyl (C=O) groups is 2. The smallest absolute Gasteiger partial charge is 0.311 e. The molecular formula is C23H36O4. The van der Waals surface area contributed by atoms with E-state index >= 15 is 0 Å². The van der Waals surface area contributed by atoms with E-state index in [-0.39, 0.29) is 34.3 Å². The number of hydrogen-bond acceptors (Lipinski definition) is 4. The van der Waals surface area contributed by atoms with E-state index in [0.29, 0.717) is 11.8 Å². The summed E-state index contributed by atoms with van der Waals surface area (Å²) in [7, 11) is 1.52. The van der Waals surface area contributed by atoms with Gasteiger partial charge in [-0.2, -0.15) is 0 Å². The Morgan fingerprint density at radius 2 is 1.85 bits per heavy atom. The Labute approximate surface area is 164 Å². The lowest BCUT2D eigenvalue weighted by Crippen LogP contribution is -2.54. The minimum atomic E-state index is -0.362. The first-order valence-electron chi connectivity index (χ1n) is 10.5. The number of carbonyl (C=O) groups excluding carboxylic acids is 2. The molecule has 0 saturated heterocycles. The lowest BCUT2D eigenvalue weighted by molar-refractivity contribution is -0.168. The normalized spacial score (nSPS) is 42.2. The maximum absolute atomic E-state index is 12.7. The maximum Gasteiger partial charge on any atom is 0.311 e. The second-order valence-electron chi connectivity index (χ2n) is 9.93. The van der Waals surface area contributed by atoms with Crippen LogP contribution in [0.4, 0.5) is 0 Å². The lowest BCUT2D eigenvalue weighted by atomic mass is 9.45. The van der Waals surface area contributed by atoms with Crippen molar-refractivity contribution in [1.29, 1.82) is 0 Å². The molecule has 0 heterocycles. The van der Waals surface area contributed by atoms with Crippen LogP contribution in [-0.4, -0.2) is 25.2 Å². The topological polar surface area (TPSA) is 52.6 Å².